The summed E-state index contributed by atoms with van der Waals surface area (Å²) in [4.78, 5) is 4.53. The lowest BCUT2D eigenvalue weighted by Gasteiger charge is -2.15. The van der Waals surface area contributed by atoms with Crippen LogP contribution in [0, 0.1) is 0 Å². The summed E-state index contributed by atoms with van der Waals surface area (Å²) in [6.07, 6.45) is 2.17. The molecule has 1 unspecified atom stereocenters. The van der Waals surface area contributed by atoms with E-state index in [2.05, 4.69) is 47.5 Å². The molecule has 1 atom stereocenters. The zero-order chi connectivity index (χ0) is 12.1. The monoisotopic (exact) mass is 233 g/mol. The molecule has 0 saturated heterocycles. The van der Waals surface area contributed by atoms with Gasteiger partial charge in [0.25, 0.3) is 0 Å². The van der Waals surface area contributed by atoms with Gasteiger partial charge in [-0.3, -0.25) is 4.99 Å². The van der Waals surface area contributed by atoms with E-state index in [1.165, 1.54) is 39.9 Å². The van der Waals surface area contributed by atoms with Gasteiger partial charge in [0.15, 0.2) is 0 Å². The second-order valence-corrected chi connectivity index (χ2v) is 5.18. The average molecular weight is 233 g/mol. The summed E-state index contributed by atoms with van der Waals surface area (Å²) in [5, 5.41) is 0. The van der Waals surface area contributed by atoms with Crippen molar-refractivity contribution >= 4 is 5.71 Å². The van der Waals surface area contributed by atoms with Crippen LogP contribution in [-0.2, 0) is 12.8 Å². The van der Waals surface area contributed by atoms with Crippen molar-refractivity contribution in [2.45, 2.75) is 18.8 Å². The summed E-state index contributed by atoms with van der Waals surface area (Å²) in [6, 6.07) is 15.5. The van der Waals surface area contributed by atoms with Crippen LogP contribution in [0.1, 0.15) is 33.7 Å². The number of nitrogens with zero attached hydrogens (tertiary/aromatic N) is 1. The van der Waals surface area contributed by atoms with Crippen molar-refractivity contribution < 1.29 is 0 Å². The molecular formula is C17H15N. The maximum Gasteiger partial charge on any atom is 0.0464 e. The van der Waals surface area contributed by atoms with Crippen LogP contribution in [-0.4, -0.2) is 12.8 Å². The van der Waals surface area contributed by atoms with E-state index in [-0.39, 0.29) is 0 Å². The van der Waals surface area contributed by atoms with Crippen LogP contribution in [0.4, 0.5) is 0 Å². The van der Waals surface area contributed by atoms with E-state index in [1.54, 1.807) is 0 Å². The molecule has 0 fully saturated rings. The Hall–Kier alpha value is -1.89. The van der Waals surface area contributed by atoms with Crippen molar-refractivity contribution in [3.8, 4) is 0 Å². The summed E-state index contributed by atoms with van der Waals surface area (Å²) in [7, 11) is 1.91. The lowest BCUT2D eigenvalue weighted by atomic mass is 9.89. The Morgan fingerprint density at radius 1 is 1.00 bits per heavy atom. The van der Waals surface area contributed by atoms with E-state index in [0.717, 1.165) is 6.42 Å². The van der Waals surface area contributed by atoms with Crippen LogP contribution in [0.3, 0.4) is 0 Å². The number of hydrogen-bond donors (Lipinski definition) is 0. The van der Waals surface area contributed by atoms with Gasteiger partial charge in [0.2, 0.25) is 0 Å². The standard InChI is InChI=1S/C17H15N/c1-18-17-10-15-11-5-4-8-13(15)16(9-11)12-6-2-3-7-14(12)17/h2-8,16H,9-10H2,1H3. The van der Waals surface area contributed by atoms with Crippen molar-refractivity contribution in [2.75, 3.05) is 7.05 Å². The first kappa shape index (κ1) is 10.1. The molecule has 2 aliphatic carbocycles. The second-order valence-electron chi connectivity index (χ2n) is 5.18. The van der Waals surface area contributed by atoms with Gasteiger partial charge < -0.3 is 0 Å². The summed E-state index contributed by atoms with van der Waals surface area (Å²) in [5.41, 5.74) is 8.62. The number of fused-ring (bicyclic) bond motifs is 2. The number of hydrogen-bond acceptors (Lipinski definition) is 1. The van der Waals surface area contributed by atoms with Gasteiger partial charge >= 0.3 is 0 Å². The van der Waals surface area contributed by atoms with Crippen molar-refractivity contribution in [1.82, 2.24) is 0 Å². The zero-order valence-corrected chi connectivity index (χ0v) is 10.5. The molecule has 4 bridgehead atoms. The van der Waals surface area contributed by atoms with Crippen molar-refractivity contribution in [3.63, 3.8) is 0 Å². The molecule has 0 aliphatic heterocycles. The minimum absolute atomic E-state index is 0.556. The number of aliphatic imine (C=N–C) groups is 1. The maximum atomic E-state index is 4.53. The van der Waals surface area contributed by atoms with Gasteiger partial charge in [-0.25, -0.2) is 0 Å². The van der Waals surface area contributed by atoms with Crippen molar-refractivity contribution in [1.29, 1.82) is 0 Å². The summed E-state index contributed by atoms with van der Waals surface area (Å²) in [5.74, 6) is 0.556. The largest absolute Gasteiger partial charge is 0.292 e. The highest BCUT2D eigenvalue weighted by Crippen LogP contribution is 2.43. The minimum Gasteiger partial charge on any atom is -0.292 e. The van der Waals surface area contributed by atoms with Gasteiger partial charge in [0.05, 0.1) is 0 Å². The first-order chi connectivity index (χ1) is 8.88. The van der Waals surface area contributed by atoms with Crippen LogP contribution < -0.4 is 0 Å². The molecule has 1 heteroatoms. The number of benzene rings is 2. The van der Waals surface area contributed by atoms with Crippen LogP contribution in [0.25, 0.3) is 0 Å². The quantitative estimate of drug-likeness (QED) is 0.661. The Morgan fingerprint density at radius 2 is 1.83 bits per heavy atom. The molecule has 0 heterocycles. The Bertz CT molecular complexity index is 667. The first-order valence-corrected chi connectivity index (χ1v) is 6.54. The molecule has 0 aromatic heterocycles. The smallest absolute Gasteiger partial charge is 0.0464 e. The van der Waals surface area contributed by atoms with Crippen molar-refractivity contribution in [3.05, 3.63) is 70.3 Å². The highest BCUT2D eigenvalue weighted by Gasteiger charge is 2.32. The van der Waals surface area contributed by atoms with E-state index < -0.39 is 0 Å². The zero-order valence-electron chi connectivity index (χ0n) is 10.5. The minimum atomic E-state index is 0.556. The second kappa shape index (κ2) is 3.55. The third-order valence-corrected chi connectivity index (χ3v) is 4.37. The lowest BCUT2D eigenvalue weighted by molar-refractivity contribution is 0.850. The fourth-order valence-electron chi connectivity index (χ4n) is 3.52. The normalized spacial score (nSPS) is 21.8. The van der Waals surface area contributed by atoms with Crippen LogP contribution in [0.15, 0.2) is 47.5 Å². The predicted molar refractivity (Wildman–Crippen MR) is 74.6 cm³/mol. The number of rotatable bonds is 0. The van der Waals surface area contributed by atoms with Crippen LogP contribution in [0.5, 0.6) is 0 Å². The molecule has 2 aromatic carbocycles. The van der Waals surface area contributed by atoms with Crippen LogP contribution in [0.2, 0.25) is 0 Å². The lowest BCUT2D eigenvalue weighted by Crippen LogP contribution is -2.10. The van der Waals surface area contributed by atoms with E-state index in [1.807, 2.05) is 7.05 Å². The molecule has 0 amide bonds. The van der Waals surface area contributed by atoms with E-state index in [9.17, 15) is 0 Å². The molecule has 0 N–H and O–H groups in total. The van der Waals surface area contributed by atoms with E-state index in [0.29, 0.717) is 5.92 Å². The molecule has 0 saturated carbocycles. The highest BCUT2D eigenvalue weighted by atomic mass is 14.7. The van der Waals surface area contributed by atoms with Gasteiger partial charge in [-0.2, -0.15) is 0 Å². The maximum absolute atomic E-state index is 4.53. The molecule has 2 aliphatic rings. The van der Waals surface area contributed by atoms with Crippen molar-refractivity contribution in [2.24, 2.45) is 4.99 Å². The van der Waals surface area contributed by atoms with Gasteiger partial charge in [-0.05, 0) is 34.2 Å². The topological polar surface area (TPSA) is 12.4 Å². The van der Waals surface area contributed by atoms with Gasteiger partial charge in [-0.15, -0.1) is 0 Å². The molecule has 18 heavy (non-hydrogen) atoms. The molecule has 0 spiro atoms. The molecular weight excluding hydrogens is 218 g/mol. The average Bonchev–Trinajstić information content (AvgIpc) is 2.57. The molecule has 4 rings (SSSR count). The Morgan fingerprint density at radius 3 is 2.72 bits per heavy atom. The highest BCUT2D eigenvalue weighted by molar-refractivity contribution is 6.04. The van der Waals surface area contributed by atoms with E-state index in [4.69, 9.17) is 0 Å². The molecule has 88 valence electrons. The SMILES string of the molecule is CN=C1Cc2c3cccc2C(C3)c2ccccc21. The van der Waals surface area contributed by atoms with Gasteiger partial charge in [0.1, 0.15) is 0 Å². The molecule has 2 aromatic rings. The summed E-state index contributed by atoms with van der Waals surface area (Å²) < 4.78 is 0. The third kappa shape index (κ3) is 1.19. The van der Waals surface area contributed by atoms with E-state index >= 15 is 0 Å². The van der Waals surface area contributed by atoms with Gasteiger partial charge in [0, 0.05) is 25.1 Å². The summed E-state index contributed by atoms with van der Waals surface area (Å²) >= 11 is 0. The Balaban J connectivity index is 2.04. The first-order valence-electron chi connectivity index (χ1n) is 6.54. The fourth-order valence-corrected chi connectivity index (χ4v) is 3.52. The molecule has 0 radical (unpaired) electrons. The Labute approximate surface area is 107 Å². The summed E-state index contributed by atoms with van der Waals surface area (Å²) in [6.45, 7) is 0. The molecule has 1 nitrogen and oxygen atoms in total. The fraction of sp³-hybridized carbons (Fsp3) is 0.235. The third-order valence-electron chi connectivity index (χ3n) is 4.37. The van der Waals surface area contributed by atoms with Gasteiger partial charge in [-0.1, -0.05) is 42.5 Å². The predicted octanol–water partition coefficient (Wildman–Crippen LogP) is 3.35. The Kier molecular flexibility index (Phi) is 1.99. The van der Waals surface area contributed by atoms with Crippen LogP contribution >= 0.6 is 0 Å².